The van der Waals surface area contributed by atoms with Gasteiger partial charge in [-0.15, -0.1) is 0 Å². The molecule has 6 nitrogen and oxygen atoms in total. The summed E-state index contributed by atoms with van der Waals surface area (Å²) in [6, 6.07) is 16.0. The van der Waals surface area contributed by atoms with Gasteiger partial charge in [-0.2, -0.15) is 0 Å². The molecule has 1 atom stereocenters. The number of sulfone groups is 1. The predicted molar refractivity (Wildman–Crippen MR) is 148 cm³/mol. The third-order valence-corrected chi connectivity index (χ3v) is 8.05. The van der Waals surface area contributed by atoms with Gasteiger partial charge in [0.1, 0.15) is 6.10 Å². The van der Waals surface area contributed by atoms with Crippen LogP contribution in [0, 0.1) is 6.92 Å². The SMILES string of the molecule is CCN(CC)c1ccc(NC(=O)OC(CS(=O)(=O)c2ccc(Cl)cc2)c2cc(Cl)cc(Cl)c2)c(C)c1. The highest BCUT2D eigenvalue weighted by molar-refractivity contribution is 7.91. The van der Waals surface area contributed by atoms with Crippen molar-refractivity contribution < 1.29 is 17.9 Å². The van der Waals surface area contributed by atoms with Crippen LogP contribution in [0.3, 0.4) is 0 Å². The van der Waals surface area contributed by atoms with Crippen molar-refractivity contribution in [3.05, 3.63) is 86.9 Å². The highest BCUT2D eigenvalue weighted by Gasteiger charge is 2.27. The van der Waals surface area contributed by atoms with Gasteiger partial charge in [0.05, 0.1) is 10.6 Å². The highest BCUT2D eigenvalue weighted by Crippen LogP contribution is 2.30. The second kappa shape index (κ2) is 12.2. The van der Waals surface area contributed by atoms with Crippen LogP contribution in [0.15, 0.2) is 65.6 Å². The molecule has 0 aliphatic heterocycles. The molecule has 0 aromatic heterocycles. The van der Waals surface area contributed by atoms with E-state index in [0.717, 1.165) is 24.3 Å². The first-order valence-corrected chi connectivity index (χ1v) is 14.1. The van der Waals surface area contributed by atoms with E-state index >= 15 is 0 Å². The molecular weight excluding hydrogens is 543 g/mol. The summed E-state index contributed by atoms with van der Waals surface area (Å²) in [6.07, 6.45) is -1.97. The molecule has 3 aromatic carbocycles. The van der Waals surface area contributed by atoms with E-state index in [9.17, 15) is 13.2 Å². The van der Waals surface area contributed by atoms with Crippen LogP contribution in [0.2, 0.25) is 15.1 Å². The van der Waals surface area contributed by atoms with Gasteiger partial charge in [-0.1, -0.05) is 34.8 Å². The Morgan fingerprint density at radius 2 is 1.53 bits per heavy atom. The fourth-order valence-corrected chi connectivity index (χ4v) is 5.81. The Bertz CT molecular complexity index is 1310. The van der Waals surface area contributed by atoms with Crippen molar-refractivity contribution in [3.8, 4) is 0 Å². The van der Waals surface area contributed by atoms with Crippen LogP contribution in [-0.2, 0) is 14.6 Å². The zero-order valence-electron chi connectivity index (χ0n) is 20.1. The number of carbonyl (C=O) groups is 1. The number of benzene rings is 3. The maximum atomic E-state index is 13.1. The smallest absolute Gasteiger partial charge is 0.412 e. The fraction of sp³-hybridized carbons (Fsp3) is 0.269. The van der Waals surface area contributed by atoms with Crippen LogP contribution in [0.5, 0.6) is 0 Å². The van der Waals surface area contributed by atoms with E-state index in [1.165, 1.54) is 42.5 Å². The van der Waals surface area contributed by atoms with Crippen molar-refractivity contribution in [2.45, 2.75) is 31.8 Å². The Morgan fingerprint density at radius 3 is 2.08 bits per heavy atom. The van der Waals surface area contributed by atoms with Crippen molar-refractivity contribution in [1.82, 2.24) is 0 Å². The highest BCUT2D eigenvalue weighted by atomic mass is 35.5. The van der Waals surface area contributed by atoms with Gasteiger partial charge in [0.25, 0.3) is 0 Å². The molecule has 0 spiro atoms. The molecule has 36 heavy (non-hydrogen) atoms. The predicted octanol–water partition coefficient (Wildman–Crippen LogP) is 7.57. The molecular formula is C26H27Cl3N2O4S. The van der Waals surface area contributed by atoms with Crippen molar-refractivity contribution in [1.29, 1.82) is 0 Å². The summed E-state index contributed by atoms with van der Waals surface area (Å²) in [5.41, 5.74) is 2.79. The molecule has 0 aliphatic carbocycles. The zero-order chi connectivity index (χ0) is 26.5. The van der Waals surface area contributed by atoms with E-state index in [1.54, 1.807) is 6.07 Å². The second-order valence-corrected chi connectivity index (χ2v) is 11.5. The lowest BCUT2D eigenvalue weighted by Gasteiger charge is -2.23. The Kier molecular flexibility index (Phi) is 9.53. The number of nitrogens with zero attached hydrogens (tertiary/aromatic N) is 1. The molecule has 0 fully saturated rings. The lowest BCUT2D eigenvalue weighted by atomic mass is 10.1. The zero-order valence-corrected chi connectivity index (χ0v) is 23.2. The van der Waals surface area contributed by atoms with Gasteiger partial charge < -0.3 is 9.64 Å². The number of rotatable bonds is 9. The molecule has 10 heteroatoms. The third kappa shape index (κ3) is 7.29. The first kappa shape index (κ1) is 28.1. The Labute approximate surface area is 227 Å². The lowest BCUT2D eigenvalue weighted by molar-refractivity contribution is 0.122. The quantitative estimate of drug-likeness (QED) is 0.288. The summed E-state index contributed by atoms with van der Waals surface area (Å²) in [5.74, 6) is -0.515. The van der Waals surface area contributed by atoms with Crippen LogP contribution < -0.4 is 10.2 Å². The van der Waals surface area contributed by atoms with Gasteiger partial charge in [-0.25, -0.2) is 13.2 Å². The number of carbonyl (C=O) groups excluding carboxylic acids is 1. The molecule has 1 N–H and O–H groups in total. The van der Waals surface area contributed by atoms with Crippen molar-refractivity contribution in [3.63, 3.8) is 0 Å². The monoisotopic (exact) mass is 568 g/mol. The molecule has 1 amide bonds. The van der Waals surface area contributed by atoms with E-state index in [-0.39, 0.29) is 4.90 Å². The molecule has 0 aliphatic rings. The summed E-state index contributed by atoms with van der Waals surface area (Å²) in [5, 5.41) is 3.70. The molecule has 0 saturated heterocycles. The van der Waals surface area contributed by atoms with Crippen LogP contribution in [-0.4, -0.2) is 33.4 Å². The number of hydrogen-bond donors (Lipinski definition) is 1. The van der Waals surface area contributed by atoms with Gasteiger partial charge in [-0.05, 0) is 92.6 Å². The number of halogens is 3. The number of aryl methyl sites for hydroxylation is 1. The fourth-order valence-electron chi connectivity index (χ4n) is 3.74. The Hall–Kier alpha value is -2.45. The normalized spacial score (nSPS) is 12.2. The molecule has 0 saturated carbocycles. The molecule has 3 aromatic rings. The summed E-state index contributed by atoms with van der Waals surface area (Å²) in [6.45, 7) is 7.74. The minimum atomic E-state index is -3.85. The molecule has 3 rings (SSSR count). The summed E-state index contributed by atoms with van der Waals surface area (Å²) in [4.78, 5) is 15.1. The van der Waals surface area contributed by atoms with Crippen LogP contribution >= 0.6 is 34.8 Å². The van der Waals surface area contributed by atoms with E-state index in [1.807, 2.05) is 19.1 Å². The molecule has 0 radical (unpaired) electrons. The largest absolute Gasteiger partial charge is 0.440 e. The average Bonchev–Trinajstić information content (AvgIpc) is 2.80. The molecule has 192 valence electrons. The van der Waals surface area contributed by atoms with E-state index in [4.69, 9.17) is 39.5 Å². The van der Waals surface area contributed by atoms with Gasteiger partial charge in [0.15, 0.2) is 9.84 Å². The number of hydrogen-bond acceptors (Lipinski definition) is 5. The van der Waals surface area contributed by atoms with E-state index in [0.29, 0.717) is 26.3 Å². The Balaban J connectivity index is 1.86. The summed E-state index contributed by atoms with van der Waals surface area (Å²) in [7, 11) is -3.85. The molecule has 0 bridgehead atoms. The third-order valence-electron chi connectivity index (χ3n) is 5.62. The number of anilines is 2. The first-order valence-electron chi connectivity index (χ1n) is 11.3. The minimum absolute atomic E-state index is 0.0527. The number of amides is 1. The topological polar surface area (TPSA) is 75.7 Å². The Morgan fingerprint density at radius 1 is 0.917 bits per heavy atom. The number of ether oxygens (including phenoxy) is 1. The van der Waals surface area contributed by atoms with Crippen LogP contribution in [0.4, 0.5) is 16.2 Å². The van der Waals surface area contributed by atoms with Crippen molar-refractivity contribution in [2.75, 3.05) is 29.1 Å². The minimum Gasteiger partial charge on any atom is -0.440 e. The van der Waals surface area contributed by atoms with Gasteiger partial charge in [0, 0.05) is 39.5 Å². The molecule has 0 heterocycles. The van der Waals surface area contributed by atoms with Gasteiger partial charge in [-0.3, -0.25) is 5.32 Å². The van der Waals surface area contributed by atoms with E-state index < -0.39 is 27.8 Å². The van der Waals surface area contributed by atoms with Crippen LogP contribution in [0.25, 0.3) is 0 Å². The maximum Gasteiger partial charge on any atom is 0.412 e. The van der Waals surface area contributed by atoms with Crippen LogP contribution in [0.1, 0.15) is 31.1 Å². The standard InChI is InChI=1S/C26H27Cl3N2O4S/c1-4-31(5-2)22-8-11-24(17(3)12-22)30-26(32)35-25(18-13-20(28)15-21(29)14-18)16-36(33,34)23-9-6-19(27)7-10-23/h6-15,25H,4-5,16H2,1-3H3,(H,30,32). The average molecular weight is 570 g/mol. The van der Waals surface area contributed by atoms with Gasteiger partial charge in [0.2, 0.25) is 0 Å². The van der Waals surface area contributed by atoms with Crippen molar-refractivity contribution in [2.24, 2.45) is 0 Å². The summed E-state index contributed by atoms with van der Waals surface area (Å²) >= 11 is 18.2. The van der Waals surface area contributed by atoms with E-state index in [2.05, 4.69) is 24.1 Å². The summed E-state index contributed by atoms with van der Waals surface area (Å²) < 4.78 is 31.9. The second-order valence-electron chi connectivity index (χ2n) is 8.13. The maximum absolute atomic E-state index is 13.1. The van der Waals surface area contributed by atoms with Crippen molar-refractivity contribution >= 4 is 62.1 Å². The molecule has 1 unspecified atom stereocenters. The first-order chi connectivity index (χ1) is 17.0. The number of nitrogens with one attached hydrogen (secondary N) is 1. The lowest BCUT2D eigenvalue weighted by Crippen LogP contribution is -2.24. The van der Waals surface area contributed by atoms with Gasteiger partial charge >= 0.3 is 6.09 Å².